The van der Waals surface area contributed by atoms with Crippen LogP contribution in [-0.2, 0) is 0 Å². The molecule has 49 heavy (non-hydrogen) atoms. The topological polar surface area (TPSA) is 51.6 Å². The van der Waals surface area contributed by atoms with Crippen LogP contribution in [0.2, 0.25) is 0 Å². The molecule has 0 amide bonds. The Hall–Kier alpha value is -6.30. The van der Waals surface area contributed by atoms with Gasteiger partial charge in [0.2, 0.25) is 0 Å². The number of pyridine rings is 1. The van der Waals surface area contributed by atoms with E-state index < -0.39 is 0 Å². The van der Waals surface area contributed by atoms with E-state index in [9.17, 15) is 0 Å². The molecule has 230 valence electrons. The van der Waals surface area contributed by atoms with Gasteiger partial charge in [-0.05, 0) is 46.5 Å². The summed E-state index contributed by atoms with van der Waals surface area (Å²) in [5, 5.41) is 2.47. The zero-order chi connectivity index (χ0) is 32.6. The molecule has 0 aliphatic carbocycles. The number of rotatable bonds is 6. The minimum Gasteiger partial charge on any atom is -0.256 e. The molecule has 0 aliphatic heterocycles. The van der Waals surface area contributed by atoms with Crippen LogP contribution in [0.15, 0.2) is 170 Å². The highest BCUT2D eigenvalue weighted by Gasteiger charge is 2.16. The maximum atomic E-state index is 5.06. The molecule has 0 radical (unpaired) electrons. The number of thiophene rings is 1. The number of hydrogen-bond donors (Lipinski definition) is 0. The van der Waals surface area contributed by atoms with Gasteiger partial charge in [-0.3, -0.25) is 4.98 Å². The second-order valence-electron chi connectivity index (χ2n) is 11.9. The number of aromatic nitrogens is 4. The van der Waals surface area contributed by atoms with Gasteiger partial charge in [-0.1, -0.05) is 140 Å². The molecule has 0 bridgehead atoms. The van der Waals surface area contributed by atoms with Crippen molar-refractivity contribution < 1.29 is 0 Å². The lowest BCUT2D eigenvalue weighted by atomic mass is 10.0. The van der Waals surface area contributed by atoms with Gasteiger partial charge in [-0.15, -0.1) is 11.3 Å². The highest BCUT2D eigenvalue weighted by molar-refractivity contribution is 7.25. The molecule has 0 saturated carbocycles. The Morgan fingerprint density at radius 3 is 1.47 bits per heavy atom. The van der Waals surface area contributed by atoms with Crippen molar-refractivity contribution in [2.24, 2.45) is 0 Å². The number of benzene rings is 6. The van der Waals surface area contributed by atoms with Crippen molar-refractivity contribution in [1.29, 1.82) is 0 Å². The standard InChI is InChI=1S/C44H28N4S/c1-3-10-29(11-4-1)31-18-22-33(23-19-31)42-46-43(34-24-20-32(21-25-34)30-12-5-2-6-13-30)48-44(47-42)35-26-27-45-38(28-35)36-15-9-17-40-41(36)37-14-7-8-16-39(37)49-40/h1-28H. The molecule has 0 saturated heterocycles. The summed E-state index contributed by atoms with van der Waals surface area (Å²) < 4.78 is 2.51. The largest absolute Gasteiger partial charge is 0.256 e. The predicted molar refractivity (Wildman–Crippen MR) is 203 cm³/mol. The second-order valence-corrected chi connectivity index (χ2v) is 13.0. The van der Waals surface area contributed by atoms with E-state index in [0.717, 1.165) is 39.1 Å². The number of nitrogens with zero attached hydrogens (tertiary/aromatic N) is 4. The number of hydrogen-bond acceptors (Lipinski definition) is 5. The molecule has 0 fully saturated rings. The van der Waals surface area contributed by atoms with Gasteiger partial charge in [0.15, 0.2) is 17.5 Å². The van der Waals surface area contributed by atoms with E-state index in [1.807, 2.05) is 35.7 Å². The Bertz CT molecular complexity index is 2480. The van der Waals surface area contributed by atoms with Gasteiger partial charge >= 0.3 is 0 Å². The summed E-state index contributed by atoms with van der Waals surface area (Å²) in [7, 11) is 0. The van der Waals surface area contributed by atoms with Crippen LogP contribution in [0.5, 0.6) is 0 Å². The molecule has 0 spiro atoms. The third-order valence-corrected chi connectivity index (χ3v) is 9.97. The minimum absolute atomic E-state index is 0.602. The predicted octanol–water partition coefficient (Wildman–Crippen LogP) is 11.6. The van der Waals surface area contributed by atoms with Gasteiger partial charge in [-0.25, -0.2) is 15.0 Å². The van der Waals surface area contributed by atoms with E-state index in [-0.39, 0.29) is 0 Å². The fraction of sp³-hybridized carbons (Fsp3) is 0. The van der Waals surface area contributed by atoms with Crippen molar-refractivity contribution in [1.82, 2.24) is 19.9 Å². The van der Waals surface area contributed by atoms with Crippen LogP contribution in [-0.4, -0.2) is 19.9 Å². The smallest absolute Gasteiger partial charge is 0.164 e. The molecule has 0 aliphatic rings. The van der Waals surface area contributed by atoms with Gasteiger partial charge < -0.3 is 0 Å². The molecule has 0 N–H and O–H groups in total. The van der Waals surface area contributed by atoms with Gasteiger partial charge in [0, 0.05) is 48.6 Å². The summed E-state index contributed by atoms with van der Waals surface area (Å²) >= 11 is 1.81. The SMILES string of the molecule is c1ccc(-c2ccc(-c3nc(-c4ccc(-c5ccccc5)cc4)nc(-c4ccnc(-c5cccc6sc7ccccc7c56)c4)n3)cc2)cc1. The Morgan fingerprint density at radius 2 is 0.857 bits per heavy atom. The van der Waals surface area contributed by atoms with E-state index in [0.29, 0.717) is 17.5 Å². The van der Waals surface area contributed by atoms with Crippen LogP contribution < -0.4 is 0 Å². The molecule has 3 heterocycles. The quantitative estimate of drug-likeness (QED) is 0.181. The minimum atomic E-state index is 0.602. The van der Waals surface area contributed by atoms with Gasteiger partial charge in [-0.2, -0.15) is 0 Å². The highest BCUT2D eigenvalue weighted by Crippen LogP contribution is 2.40. The summed E-state index contributed by atoms with van der Waals surface area (Å²) in [5.41, 5.74) is 9.34. The lowest BCUT2D eigenvalue weighted by Gasteiger charge is -2.11. The van der Waals surface area contributed by atoms with E-state index >= 15 is 0 Å². The molecule has 5 heteroatoms. The summed E-state index contributed by atoms with van der Waals surface area (Å²) in [4.78, 5) is 20.0. The van der Waals surface area contributed by atoms with E-state index in [1.54, 1.807) is 0 Å². The molecule has 4 nitrogen and oxygen atoms in total. The van der Waals surface area contributed by atoms with Crippen LogP contribution in [0.25, 0.3) is 87.8 Å². The Balaban J connectivity index is 1.16. The number of fused-ring (bicyclic) bond motifs is 3. The van der Waals surface area contributed by atoms with E-state index in [4.69, 9.17) is 19.9 Å². The first-order valence-corrected chi connectivity index (χ1v) is 17.0. The summed E-state index contributed by atoms with van der Waals surface area (Å²) in [6.45, 7) is 0. The zero-order valence-corrected chi connectivity index (χ0v) is 27.2. The fourth-order valence-corrected chi connectivity index (χ4v) is 7.49. The molecule has 9 aromatic rings. The summed E-state index contributed by atoms with van der Waals surface area (Å²) in [6.07, 6.45) is 1.85. The Morgan fingerprint density at radius 1 is 0.367 bits per heavy atom. The molecule has 3 aromatic heterocycles. The molecular weight excluding hydrogens is 617 g/mol. The van der Waals surface area contributed by atoms with Crippen LogP contribution >= 0.6 is 11.3 Å². The van der Waals surface area contributed by atoms with Crippen molar-refractivity contribution in [3.05, 3.63) is 170 Å². The molecule has 6 aromatic carbocycles. The molecular formula is C44H28N4S. The van der Waals surface area contributed by atoms with Crippen molar-refractivity contribution in [2.45, 2.75) is 0 Å². The van der Waals surface area contributed by atoms with Gasteiger partial charge in [0.25, 0.3) is 0 Å². The third kappa shape index (κ3) is 5.56. The third-order valence-electron chi connectivity index (χ3n) is 8.83. The van der Waals surface area contributed by atoms with Crippen LogP contribution in [0, 0.1) is 0 Å². The summed E-state index contributed by atoms with van der Waals surface area (Å²) in [5.74, 6) is 1.84. The summed E-state index contributed by atoms with van der Waals surface area (Å²) in [6, 6.07) is 56.7. The van der Waals surface area contributed by atoms with Crippen molar-refractivity contribution in [3.8, 4) is 67.7 Å². The van der Waals surface area contributed by atoms with Crippen LogP contribution in [0.4, 0.5) is 0 Å². The van der Waals surface area contributed by atoms with Gasteiger partial charge in [0.1, 0.15) is 0 Å². The van der Waals surface area contributed by atoms with Crippen LogP contribution in [0.1, 0.15) is 0 Å². The fourth-order valence-electron chi connectivity index (χ4n) is 6.35. The average Bonchev–Trinajstić information content (AvgIpc) is 3.58. The lowest BCUT2D eigenvalue weighted by Crippen LogP contribution is -2.00. The van der Waals surface area contributed by atoms with E-state index in [2.05, 4.69) is 146 Å². The second kappa shape index (κ2) is 12.4. The van der Waals surface area contributed by atoms with Crippen molar-refractivity contribution in [3.63, 3.8) is 0 Å². The van der Waals surface area contributed by atoms with Gasteiger partial charge in [0.05, 0.1) is 5.69 Å². The Kier molecular flexibility index (Phi) is 7.30. The normalized spacial score (nSPS) is 11.3. The lowest BCUT2D eigenvalue weighted by molar-refractivity contribution is 1.07. The van der Waals surface area contributed by atoms with Crippen molar-refractivity contribution >= 4 is 31.5 Å². The molecule has 0 unspecified atom stereocenters. The first kappa shape index (κ1) is 28.9. The maximum absolute atomic E-state index is 5.06. The first-order valence-electron chi connectivity index (χ1n) is 16.2. The monoisotopic (exact) mass is 644 g/mol. The average molecular weight is 645 g/mol. The molecule has 9 rings (SSSR count). The Labute approximate surface area is 288 Å². The maximum Gasteiger partial charge on any atom is 0.164 e. The van der Waals surface area contributed by atoms with Crippen molar-refractivity contribution in [2.75, 3.05) is 0 Å². The zero-order valence-electron chi connectivity index (χ0n) is 26.4. The molecule has 0 atom stereocenters. The highest BCUT2D eigenvalue weighted by atomic mass is 32.1. The van der Waals surface area contributed by atoms with Crippen LogP contribution in [0.3, 0.4) is 0 Å². The van der Waals surface area contributed by atoms with E-state index in [1.165, 1.54) is 31.3 Å². The first-order chi connectivity index (χ1) is 24.3.